The number of Topliss-reactive ketones (excluding diaryl/α,β-unsaturated/α-hetero) is 1. The molecule has 2 rings (SSSR count). The van der Waals surface area contributed by atoms with E-state index in [-0.39, 0.29) is 5.78 Å². The summed E-state index contributed by atoms with van der Waals surface area (Å²) in [5.74, 6) is 0.249. The van der Waals surface area contributed by atoms with Crippen LogP contribution >= 0.6 is 22.6 Å². The Labute approximate surface area is 98.0 Å². The molecule has 0 radical (unpaired) electrons. The van der Waals surface area contributed by atoms with Crippen molar-refractivity contribution in [1.29, 1.82) is 0 Å². The Balaban J connectivity index is 2.33. The highest BCUT2D eigenvalue weighted by molar-refractivity contribution is 14.1. The van der Waals surface area contributed by atoms with Crippen LogP contribution in [0.1, 0.15) is 34.3 Å². The smallest absolute Gasteiger partial charge is 0.172 e. The molecule has 0 saturated heterocycles. The van der Waals surface area contributed by atoms with Crippen LogP contribution in [-0.4, -0.2) is 10.2 Å². The van der Waals surface area contributed by atoms with Gasteiger partial charge in [0.25, 0.3) is 0 Å². The van der Waals surface area contributed by atoms with Crippen LogP contribution in [0, 0.1) is 0 Å². The van der Waals surface area contributed by atoms with E-state index in [0.717, 1.165) is 12.0 Å². The van der Waals surface area contributed by atoms with Crippen molar-refractivity contribution >= 4 is 28.4 Å². The molecule has 0 unspecified atom stereocenters. The number of carbonyl (C=O) groups excluding carboxylic acids is 1. The molecule has 0 aliphatic heterocycles. The second-order valence-corrected chi connectivity index (χ2v) is 4.51. The maximum atomic E-state index is 11.5. The predicted molar refractivity (Wildman–Crippen MR) is 66.3 cm³/mol. The normalized spacial score (nSPS) is 14.9. The fourth-order valence-corrected chi connectivity index (χ4v) is 2.42. The zero-order valence-corrected chi connectivity index (χ0v) is 10.2. The van der Waals surface area contributed by atoms with Crippen LogP contribution in [0.25, 0.3) is 0 Å². The first-order chi connectivity index (χ1) is 6.81. The van der Waals surface area contributed by atoms with Crippen LogP contribution in [0.4, 0.5) is 0 Å². The summed E-state index contributed by atoms with van der Waals surface area (Å²) in [6, 6.07) is 6.20. The number of benzene rings is 1. The summed E-state index contributed by atoms with van der Waals surface area (Å²) in [6.07, 6.45) is 4.91. The molecule has 14 heavy (non-hydrogen) atoms. The lowest BCUT2D eigenvalue weighted by molar-refractivity contribution is 0.102. The van der Waals surface area contributed by atoms with Crippen LogP contribution in [0.3, 0.4) is 0 Å². The number of hydrogen-bond donors (Lipinski definition) is 0. The number of carbonyl (C=O) groups is 1. The van der Waals surface area contributed by atoms with E-state index in [1.807, 2.05) is 6.07 Å². The van der Waals surface area contributed by atoms with Gasteiger partial charge in [0, 0.05) is 5.56 Å². The molecule has 0 bridgehead atoms. The standard InChI is InChI=1S/C12H13IO/c13-8-12(14)11-6-5-9-3-1-2-4-10(9)7-11/h5-7H,1-4,8H2. The molecule has 0 amide bonds. The highest BCUT2D eigenvalue weighted by atomic mass is 127. The summed E-state index contributed by atoms with van der Waals surface area (Å²) >= 11 is 2.12. The van der Waals surface area contributed by atoms with Crippen molar-refractivity contribution in [2.24, 2.45) is 0 Å². The Morgan fingerprint density at radius 2 is 1.93 bits per heavy atom. The summed E-state index contributed by atoms with van der Waals surface area (Å²) < 4.78 is 0.580. The first-order valence-electron chi connectivity index (χ1n) is 5.02. The molecule has 0 fully saturated rings. The van der Waals surface area contributed by atoms with Gasteiger partial charge in [0.1, 0.15) is 0 Å². The van der Waals surface area contributed by atoms with Gasteiger partial charge in [-0.2, -0.15) is 0 Å². The monoisotopic (exact) mass is 300 g/mol. The summed E-state index contributed by atoms with van der Waals surface area (Å²) in [5, 5.41) is 0. The average Bonchev–Trinajstić information content (AvgIpc) is 2.27. The maximum Gasteiger partial charge on any atom is 0.172 e. The minimum absolute atomic E-state index is 0.249. The number of aryl methyl sites for hydroxylation is 2. The second-order valence-electron chi connectivity index (χ2n) is 3.75. The number of halogens is 1. The summed E-state index contributed by atoms with van der Waals surface area (Å²) in [6.45, 7) is 0. The number of hydrogen-bond acceptors (Lipinski definition) is 1. The lowest BCUT2D eigenvalue weighted by atomic mass is 9.90. The SMILES string of the molecule is O=C(CI)c1ccc2c(c1)CCCC2. The molecular weight excluding hydrogens is 287 g/mol. The Bertz CT molecular complexity index is 357. The Morgan fingerprint density at radius 1 is 1.21 bits per heavy atom. The third-order valence-corrected chi connectivity index (χ3v) is 3.48. The molecule has 0 N–H and O–H groups in total. The van der Waals surface area contributed by atoms with Crippen LogP contribution in [0.5, 0.6) is 0 Å². The molecule has 0 atom stereocenters. The van der Waals surface area contributed by atoms with Crippen LogP contribution < -0.4 is 0 Å². The van der Waals surface area contributed by atoms with Gasteiger partial charge in [-0.3, -0.25) is 4.79 Å². The Kier molecular flexibility index (Phi) is 3.21. The van der Waals surface area contributed by atoms with Crippen LogP contribution in [-0.2, 0) is 12.8 Å². The minimum atomic E-state index is 0.249. The number of fused-ring (bicyclic) bond motifs is 1. The van der Waals surface area contributed by atoms with E-state index in [4.69, 9.17) is 0 Å². The molecule has 74 valence electrons. The van der Waals surface area contributed by atoms with E-state index in [2.05, 4.69) is 34.7 Å². The lowest BCUT2D eigenvalue weighted by Crippen LogP contribution is -2.06. The summed E-state index contributed by atoms with van der Waals surface area (Å²) in [4.78, 5) is 11.5. The zero-order chi connectivity index (χ0) is 9.97. The van der Waals surface area contributed by atoms with Gasteiger partial charge in [-0.15, -0.1) is 0 Å². The van der Waals surface area contributed by atoms with E-state index >= 15 is 0 Å². The zero-order valence-electron chi connectivity index (χ0n) is 8.05. The second kappa shape index (κ2) is 4.43. The number of rotatable bonds is 2. The highest BCUT2D eigenvalue weighted by Gasteiger charge is 2.11. The van der Waals surface area contributed by atoms with Crippen molar-refractivity contribution in [2.45, 2.75) is 25.7 Å². The minimum Gasteiger partial charge on any atom is -0.293 e. The van der Waals surface area contributed by atoms with Gasteiger partial charge in [0.2, 0.25) is 0 Å². The van der Waals surface area contributed by atoms with Crippen molar-refractivity contribution in [2.75, 3.05) is 4.43 Å². The fraction of sp³-hybridized carbons (Fsp3) is 0.417. The Hall–Kier alpha value is -0.380. The predicted octanol–water partition coefficient (Wildman–Crippen LogP) is 3.18. The average molecular weight is 300 g/mol. The molecular formula is C12H13IO. The van der Waals surface area contributed by atoms with Gasteiger partial charge in [-0.05, 0) is 42.9 Å². The first-order valence-corrected chi connectivity index (χ1v) is 6.55. The highest BCUT2D eigenvalue weighted by Crippen LogP contribution is 2.22. The van der Waals surface area contributed by atoms with Crippen molar-refractivity contribution in [3.63, 3.8) is 0 Å². The van der Waals surface area contributed by atoms with Gasteiger partial charge in [-0.25, -0.2) is 0 Å². The molecule has 1 aliphatic rings. The van der Waals surface area contributed by atoms with Crippen LogP contribution in [0.15, 0.2) is 18.2 Å². The van der Waals surface area contributed by atoms with Crippen molar-refractivity contribution in [1.82, 2.24) is 0 Å². The van der Waals surface area contributed by atoms with E-state index < -0.39 is 0 Å². The topological polar surface area (TPSA) is 17.1 Å². The van der Waals surface area contributed by atoms with E-state index in [9.17, 15) is 4.79 Å². The van der Waals surface area contributed by atoms with Gasteiger partial charge in [0.05, 0.1) is 4.43 Å². The molecule has 0 saturated carbocycles. The number of alkyl halides is 1. The van der Waals surface area contributed by atoms with Crippen LogP contribution in [0.2, 0.25) is 0 Å². The molecule has 1 aromatic rings. The van der Waals surface area contributed by atoms with E-state index in [0.29, 0.717) is 4.43 Å². The Morgan fingerprint density at radius 3 is 2.64 bits per heavy atom. The van der Waals surface area contributed by atoms with E-state index in [1.54, 1.807) is 0 Å². The van der Waals surface area contributed by atoms with Crippen molar-refractivity contribution < 1.29 is 4.79 Å². The molecule has 0 aromatic heterocycles. The van der Waals surface area contributed by atoms with Crippen molar-refractivity contribution in [3.8, 4) is 0 Å². The van der Waals surface area contributed by atoms with Crippen molar-refractivity contribution in [3.05, 3.63) is 34.9 Å². The molecule has 0 spiro atoms. The van der Waals surface area contributed by atoms with Gasteiger partial charge >= 0.3 is 0 Å². The summed E-state index contributed by atoms with van der Waals surface area (Å²) in [5.41, 5.74) is 3.73. The molecule has 0 heterocycles. The molecule has 1 aromatic carbocycles. The molecule has 1 aliphatic carbocycles. The van der Waals surface area contributed by atoms with Gasteiger partial charge in [-0.1, -0.05) is 34.7 Å². The molecule has 1 nitrogen and oxygen atoms in total. The first kappa shape index (κ1) is 10.1. The third kappa shape index (κ3) is 2.00. The van der Waals surface area contributed by atoms with Gasteiger partial charge < -0.3 is 0 Å². The van der Waals surface area contributed by atoms with Gasteiger partial charge in [0.15, 0.2) is 5.78 Å². The third-order valence-electron chi connectivity index (χ3n) is 2.79. The lowest BCUT2D eigenvalue weighted by Gasteiger charge is -2.15. The quantitative estimate of drug-likeness (QED) is 0.466. The summed E-state index contributed by atoms with van der Waals surface area (Å²) in [7, 11) is 0. The maximum absolute atomic E-state index is 11.5. The fourth-order valence-electron chi connectivity index (χ4n) is 1.98. The van der Waals surface area contributed by atoms with E-state index in [1.165, 1.54) is 30.4 Å². The largest absolute Gasteiger partial charge is 0.293 e. The molecule has 2 heteroatoms. The number of ketones is 1.